The maximum Gasteiger partial charge on any atom is 0.0703 e. The smallest absolute Gasteiger partial charge is 0.0703 e. The van der Waals surface area contributed by atoms with Crippen LogP contribution in [0, 0.1) is 11.3 Å². The molecule has 4 fully saturated rings. The van der Waals surface area contributed by atoms with E-state index in [1.807, 2.05) is 0 Å². The first-order valence-electron chi connectivity index (χ1n) is 6.20. The first-order chi connectivity index (χ1) is 7.85. The minimum absolute atomic E-state index is 0.163. The fraction of sp³-hybridized carbons (Fsp3) is 1.00. The zero-order chi connectivity index (χ0) is 11.0. The van der Waals surface area contributed by atoms with E-state index in [2.05, 4.69) is 14.9 Å². The predicted molar refractivity (Wildman–Crippen MR) is 60.0 cm³/mol. The molecule has 4 saturated heterocycles. The molecule has 5 heteroatoms. The second-order valence-corrected chi connectivity index (χ2v) is 5.31. The van der Waals surface area contributed by atoms with Crippen LogP contribution in [0.4, 0.5) is 0 Å². The van der Waals surface area contributed by atoms with Crippen molar-refractivity contribution in [1.82, 2.24) is 4.90 Å². The van der Waals surface area contributed by atoms with Gasteiger partial charge in [0.2, 0.25) is 0 Å². The molecule has 0 saturated carbocycles. The summed E-state index contributed by atoms with van der Waals surface area (Å²) in [6.07, 6.45) is 3.92. The van der Waals surface area contributed by atoms with Crippen LogP contribution in [0.3, 0.4) is 0 Å². The lowest BCUT2D eigenvalue weighted by Gasteiger charge is -2.53. The molecule has 0 radical (unpaired) electrons. The van der Waals surface area contributed by atoms with Crippen LogP contribution in [-0.4, -0.2) is 43.8 Å². The molecular weight excluding hydrogens is 204 g/mol. The van der Waals surface area contributed by atoms with Crippen molar-refractivity contribution in [2.45, 2.75) is 25.4 Å². The number of piperidine rings is 3. The van der Waals surface area contributed by atoms with Crippen LogP contribution in [0.25, 0.3) is 10.4 Å². The zero-order valence-electron chi connectivity index (χ0n) is 9.51. The number of hydrogen-bond acceptors (Lipinski definition) is 3. The normalized spacial score (nSPS) is 45.9. The maximum absolute atomic E-state index is 8.44. The third-order valence-corrected chi connectivity index (χ3v) is 4.76. The molecule has 4 heterocycles. The number of azide groups is 1. The second-order valence-electron chi connectivity index (χ2n) is 5.31. The van der Waals surface area contributed by atoms with Crippen LogP contribution in [0.2, 0.25) is 0 Å². The van der Waals surface area contributed by atoms with Gasteiger partial charge in [-0.25, -0.2) is 0 Å². The first-order valence-corrected chi connectivity index (χ1v) is 6.20. The molecule has 0 aromatic rings. The Morgan fingerprint density at radius 2 is 2.25 bits per heavy atom. The third-order valence-electron chi connectivity index (χ3n) is 4.76. The van der Waals surface area contributed by atoms with Gasteiger partial charge in [0, 0.05) is 23.5 Å². The van der Waals surface area contributed by atoms with Gasteiger partial charge in [0.1, 0.15) is 0 Å². The summed E-state index contributed by atoms with van der Waals surface area (Å²) in [7, 11) is 0. The van der Waals surface area contributed by atoms with Crippen LogP contribution in [0.15, 0.2) is 5.11 Å². The van der Waals surface area contributed by atoms with Crippen LogP contribution < -0.4 is 0 Å². The van der Waals surface area contributed by atoms with Crippen LogP contribution >= 0.6 is 0 Å². The van der Waals surface area contributed by atoms with Gasteiger partial charge in [-0.1, -0.05) is 5.11 Å². The SMILES string of the molecule is [N-]=[N+]=NCC1OCCC12CN1CCC2CC1. The Morgan fingerprint density at radius 1 is 1.44 bits per heavy atom. The van der Waals surface area contributed by atoms with Crippen molar-refractivity contribution in [3.05, 3.63) is 10.4 Å². The molecule has 4 aliphatic heterocycles. The van der Waals surface area contributed by atoms with E-state index in [0.717, 1.165) is 25.5 Å². The molecule has 4 aliphatic rings. The van der Waals surface area contributed by atoms with Crippen molar-refractivity contribution >= 4 is 0 Å². The second kappa shape index (κ2) is 3.91. The quantitative estimate of drug-likeness (QED) is 0.406. The zero-order valence-corrected chi connectivity index (χ0v) is 9.51. The van der Waals surface area contributed by atoms with E-state index in [0.29, 0.717) is 12.0 Å². The predicted octanol–water partition coefficient (Wildman–Crippen LogP) is 1.80. The Kier molecular flexibility index (Phi) is 2.54. The highest BCUT2D eigenvalue weighted by Gasteiger charge is 2.53. The molecule has 0 N–H and O–H groups in total. The van der Waals surface area contributed by atoms with Gasteiger partial charge in [-0.15, -0.1) is 0 Å². The van der Waals surface area contributed by atoms with Crippen molar-refractivity contribution in [3.8, 4) is 0 Å². The van der Waals surface area contributed by atoms with Crippen molar-refractivity contribution < 1.29 is 4.74 Å². The van der Waals surface area contributed by atoms with Gasteiger partial charge in [0.05, 0.1) is 12.6 Å². The molecule has 2 unspecified atom stereocenters. The molecule has 2 atom stereocenters. The third kappa shape index (κ3) is 1.43. The van der Waals surface area contributed by atoms with Gasteiger partial charge in [0.15, 0.2) is 0 Å². The lowest BCUT2D eigenvalue weighted by atomic mass is 9.63. The lowest BCUT2D eigenvalue weighted by molar-refractivity contribution is -0.0709. The van der Waals surface area contributed by atoms with Crippen molar-refractivity contribution in [1.29, 1.82) is 0 Å². The number of ether oxygens (including phenoxy) is 1. The molecular formula is C11H18N4O. The molecule has 5 nitrogen and oxygen atoms in total. The Labute approximate surface area is 95.4 Å². The fourth-order valence-corrected chi connectivity index (χ4v) is 3.92. The van der Waals surface area contributed by atoms with Gasteiger partial charge >= 0.3 is 0 Å². The van der Waals surface area contributed by atoms with Crippen LogP contribution in [0.5, 0.6) is 0 Å². The maximum atomic E-state index is 8.44. The standard InChI is InChI=1S/C11H18N4O/c12-14-13-7-10-11(3-6-16-10)8-15-4-1-9(11)2-5-15/h9-10H,1-8H2. The summed E-state index contributed by atoms with van der Waals surface area (Å²) >= 11 is 0. The summed E-state index contributed by atoms with van der Waals surface area (Å²) in [5, 5.41) is 3.72. The molecule has 0 amide bonds. The van der Waals surface area contributed by atoms with Crippen LogP contribution in [-0.2, 0) is 4.74 Å². The van der Waals surface area contributed by atoms with E-state index < -0.39 is 0 Å². The van der Waals surface area contributed by atoms with E-state index in [1.54, 1.807) is 0 Å². The molecule has 88 valence electrons. The van der Waals surface area contributed by atoms with Crippen LogP contribution in [0.1, 0.15) is 19.3 Å². The molecule has 16 heavy (non-hydrogen) atoms. The molecule has 0 aromatic carbocycles. The summed E-state index contributed by atoms with van der Waals surface area (Å²) in [5.74, 6) is 0.791. The Bertz CT molecular complexity index is 320. The molecule has 2 bridgehead atoms. The monoisotopic (exact) mass is 222 g/mol. The van der Waals surface area contributed by atoms with Crippen molar-refractivity contribution in [2.75, 3.05) is 32.8 Å². The molecule has 0 aliphatic carbocycles. The van der Waals surface area contributed by atoms with E-state index in [1.165, 1.54) is 25.9 Å². The number of hydrogen-bond donors (Lipinski definition) is 0. The number of fused-ring (bicyclic) bond motifs is 2. The topological polar surface area (TPSA) is 61.2 Å². The number of nitrogens with zero attached hydrogens (tertiary/aromatic N) is 4. The minimum Gasteiger partial charge on any atom is -0.377 e. The van der Waals surface area contributed by atoms with Crippen molar-refractivity contribution in [2.24, 2.45) is 16.4 Å². The minimum atomic E-state index is 0.163. The summed E-state index contributed by atoms with van der Waals surface area (Å²) in [5.41, 5.74) is 8.73. The lowest BCUT2D eigenvalue weighted by Crippen LogP contribution is -2.58. The summed E-state index contributed by atoms with van der Waals surface area (Å²) < 4.78 is 5.81. The van der Waals surface area contributed by atoms with Gasteiger partial charge in [-0.3, -0.25) is 0 Å². The van der Waals surface area contributed by atoms with E-state index >= 15 is 0 Å². The van der Waals surface area contributed by atoms with E-state index in [-0.39, 0.29) is 6.10 Å². The van der Waals surface area contributed by atoms with E-state index in [9.17, 15) is 0 Å². The molecule has 0 aromatic heterocycles. The van der Waals surface area contributed by atoms with Gasteiger partial charge in [0.25, 0.3) is 0 Å². The highest BCUT2D eigenvalue weighted by atomic mass is 16.5. The van der Waals surface area contributed by atoms with E-state index in [4.69, 9.17) is 10.3 Å². The highest BCUT2D eigenvalue weighted by molar-refractivity contribution is 5.04. The average Bonchev–Trinajstić information content (AvgIpc) is 2.71. The Balaban J connectivity index is 1.82. The first kappa shape index (κ1) is 10.4. The van der Waals surface area contributed by atoms with Gasteiger partial charge in [-0.05, 0) is 43.8 Å². The highest BCUT2D eigenvalue weighted by Crippen LogP contribution is 2.50. The summed E-state index contributed by atoms with van der Waals surface area (Å²) in [6.45, 7) is 5.02. The van der Waals surface area contributed by atoms with Gasteiger partial charge < -0.3 is 9.64 Å². The average molecular weight is 222 g/mol. The summed E-state index contributed by atoms with van der Waals surface area (Å²) in [4.78, 5) is 5.42. The Morgan fingerprint density at radius 3 is 2.88 bits per heavy atom. The fourth-order valence-electron chi connectivity index (χ4n) is 3.92. The molecule has 1 spiro atoms. The Hall–Kier alpha value is -0.770. The summed E-state index contributed by atoms with van der Waals surface area (Å²) in [6, 6.07) is 0. The number of rotatable bonds is 2. The van der Waals surface area contributed by atoms with Crippen molar-refractivity contribution in [3.63, 3.8) is 0 Å². The largest absolute Gasteiger partial charge is 0.377 e. The molecule has 4 rings (SSSR count). The van der Waals surface area contributed by atoms with Gasteiger partial charge in [-0.2, -0.15) is 0 Å².